The Kier molecular flexibility index (Phi) is 4.98. The van der Waals surface area contributed by atoms with Gasteiger partial charge in [0.2, 0.25) is 0 Å². The van der Waals surface area contributed by atoms with Crippen molar-refractivity contribution >= 4 is 11.3 Å². The lowest BCUT2D eigenvalue weighted by Gasteiger charge is -2.39. The number of rotatable bonds is 5. The third-order valence-electron chi connectivity index (χ3n) is 4.56. The van der Waals surface area contributed by atoms with Crippen molar-refractivity contribution in [1.29, 1.82) is 0 Å². The van der Waals surface area contributed by atoms with Gasteiger partial charge >= 0.3 is 0 Å². The van der Waals surface area contributed by atoms with Gasteiger partial charge in [0.15, 0.2) is 0 Å². The quantitative estimate of drug-likeness (QED) is 0.871. The number of nitrogens with two attached hydrogens (primary N) is 1. The summed E-state index contributed by atoms with van der Waals surface area (Å²) in [6, 6.07) is 0.335. The Morgan fingerprint density at radius 1 is 1.53 bits per heavy atom. The Morgan fingerprint density at radius 2 is 2.21 bits per heavy atom. The first-order valence-corrected chi connectivity index (χ1v) is 8.28. The summed E-state index contributed by atoms with van der Waals surface area (Å²) in [6.45, 7) is 8.44. The molecule has 19 heavy (non-hydrogen) atoms. The zero-order valence-corrected chi connectivity index (χ0v) is 13.2. The number of thiazole rings is 1. The van der Waals surface area contributed by atoms with E-state index in [-0.39, 0.29) is 0 Å². The largest absolute Gasteiger partial charge is 0.330 e. The van der Waals surface area contributed by atoms with E-state index in [1.807, 2.05) is 0 Å². The first-order valence-electron chi connectivity index (χ1n) is 7.40. The van der Waals surface area contributed by atoms with Gasteiger partial charge < -0.3 is 11.1 Å². The normalized spacial score (nSPS) is 29.4. The third kappa shape index (κ3) is 3.77. The highest BCUT2D eigenvalue weighted by atomic mass is 32.1. The van der Waals surface area contributed by atoms with Crippen molar-refractivity contribution in [2.45, 2.75) is 52.5 Å². The third-order valence-corrected chi connectivity index (χ3v) is 5.70. The highest BCUT2D eigenvalue weighted by molar-refractivity contribution is 7.09. The molecule has 0 bridgehead atoms. The Hall–Kier alpha value is -0.450. The summed E-state index contributed by atoms with van der Waals surface area (Å²) in [7, 11) is 0. The molecular weight excluding hydrogens is 254 g/mol. The van der Waals surface area contributed by atoms with Crippen LogP contribution in [0, 0.1) is 18.3 Å². The highest BCUT2D eigenvalue weighted by Crippen LogP contribution is 2.38. The molecule has 3 nitrogen and oxygen atoms in total. The van der Waals surface area contributed by atoms with Crippen LogP contribution in [0.25, 0.3) is 0 Å². The van der Waals surface area contributed by atoms with Gasteiger partial charge in [0.05, 0.1) is 6.04 Å². The molecule has 0 aliphatic heterocycles. The van der Waals surface area contributed by atoms with Gasteiger partial charge in [0, 0.05) is 17.6 Å². The Morgan fingerprint density at radius 3 is 2.74 bits per heavy atom. The summed E-state index contributed by atoms with van der Waals surface area (Å²) < 4.78 is 0. The van der Waals surface area contributed by atoms with E-state index >= 15 is 0 Å². The average Bonchev–Trinajstić information content (AvgIpc) is 2.85. The van der Waals surface area contributed by atoms with Crippen LogP contribution >= 0.6 is 11.3 Å². The summed E-state index contributed by atoms with van der Waals surface area (Å²) in [5.41, 5.74) is 7.49. The van der Waals surface area contributed by atoms with Crippen LogP contribution in [0.5, 0.6) is 0 Å². The minimum atomic E-state index is 0.313. The minimum absolute atomic E-state index is 0.313. The molecular formula is C15H27N3S. The average molecular weight is 281 g/mol. The smallest absolute Gasteiger partial charge is 0.110 e. The second kappa shape index (κ2) is 6.33. The summed E-state index contributed by atoms with van der Waals surface area (Å²) in [6.07, 6.45) is 5.18. The molecule has 0 saturated heterocycles. The first kappa shape index (κ1) is 14.9. The lowest BCUT2D eigenvalue weighted by molar-refractivity contribution is 0.155. The molecule has 1 aromatic heterocycles. The van der Waals surface area contributed by atoms with Gasteiger partial charge in [0.25, 0.3) is 0 Å². The summed E-state index contributed by atoms with van der Waals surface area (Å²) in [4.78, 5) is 4.56. The van der Waals surface area contributed by atoms with Gasteiger partial charge in [-0.05, 0) is 44.6 Å². The van der Waals surface area contributed by atoms with Crippen molar-refractivity contribution in [3.63, 3.8) is 0 Å². The van der Waals surface area contributed by atoms with Crippen LogP contribution in [0.1, 0.15) is 56.3 Å². The molecule has 1 aliphatic rings. The molecule has 0 amide bonds. The predicted molar refractivity (Wildman–Crippen MR) is 82.4 cm³/mol. The fourth-order valence-corrected chi connectivity index (χ4v) is 3.68. The van der Waals surface area contributed by atoms with Gasteiger partial charge in [-0.2, -0.15) is 0 Å². The first-order chi connectivity index (χ1) is 9.04. The Bertz CT molecular complexity index is 394. The molecule has 1 aromatic rings. The molecule has 0 spiro atoms. The Balaban J connectivity index is 1.89. The van der Waals surface area contributed by atoms with E-state index in [2.05, 4.69) is 36.5 Å². The fourth-order valence-electron chi connectivity index (χ4n) is 2.86. The number of nitrogens with zero attached hydrogens (tertiary/aromatic N) is 1. The van der Waals surface area contributed by atoms with Gasteiger partial charge in [-0.3, -0.25) is 0 Å². The summed E-state index contributed by atoms with van der Waals surface area (Å²) in [5.74, 6) is 0.874. The number of nitrogens with one attached hydrogen (secondary N) is 1. The van der Waals surface area contributed by atoms with Crippen LogP contribution in [0.15, 0.2) is 5.38 Å². The van der Waals surface area contributed by atoms with Crippen LogP contribution in [-0.2, 0) is 0 Å². The van der Waals surface area contributed by atoms with Crippen molar-refractivity contribution in [2.75, 3.05) is 13.1 Å². The molecule has 1 aliphatic carbocycles. The number of aromatic nitrogens is 1. The second-order valence-corrected chi connectivity index (χ2v) is 7.21. The molecule has 3 N–H and O–H groups in total. The maximum absolute atomic E-state index is 6.06. The van der Waals surface area contributed by atoms with E-state index in [0.29, 0.717) is 11.5 Å². The van der Waals surface area contributed by atoms with E-state index in [1.165, 1.54) is 30.7 Å². The van der Waals surface area contributed by atoms with Crippen LogP contribution in [0.2, 0.25) is 0 Å². The van der Waals surface area contributed by atoms with Crippen molar-refractivity contribution in [3.8, 4) is 0 Å². The van der Waals surface area contributed by atoms with Crippen LogP contribution in [0.4, 0.5) is 0 Å². The molecule has 2 rings (SSSR count). The van der Waals surface area contributed by atoms with Crippen molar-refractivity contribution in [3.05, 3.63) is 16.1 Å². The van der Waals surface area contributed by atoms with E-state index in [9.17, 15) is 0 Å². The molecule has 108 valence electrons. The lowest BCUT2D eigenvalue weighted by Crippen LogP contribution is -2.43. The monoisotopic (exact) mass is 281 g/mol. The van der Waals surface area contributed by atoms with E-state index in [4.69, 9.17) is 5.73 Å². The SMILES string of the molecule is Cc1csc(C(C)NCC2(CN)CCC(C)CC2)n1. The van der Waals surface area contributed by atoms with Crippen LogP contribution < -0.4 is 11.1 Å². The number of hydrogen-bond acceptors (Lipinski definition) is 4. The molecule has 0 aromatic carbocycles. The van der Waals surface area contributed by atoms with Gasteiger partial charge in [0.1, 0.15) is 5.01 Å². The van der Waals surface area contributed by atoms with E-state index in [1.54, 1.807) is 11.3 Å². The molecule has 1 unspecified atom stereocenters. The van der Waals surface area contributed by atoms with Gasteiger partial charge in [-0.15, -0.1) is 11.3 Å². The lowest BCUT2D eigenvalue weighted by atomic mass is 9.71. The standard InChI is InChI=1S/C15H27N3S/c1-11-4-6-15(9-16,7-5-11)10-17-13(3)14-18-12(2)8-19-14/h8,11,13,17H,4-7,9-10,16H2,1-3H3. The predicted octanol–water partition coefficient (Wildman–Crippen LogP) is 3.26. The maximum Gasteiger partial charge on any atom is 0.110 e. The van der Waals surface area contributed by atoms with Crippen LogP contribution in [-0.4, -0.2) is 18.1 Å². The van der Waals surface area contributed by atoms with E-state index in [0.717, 1.165) is 24.7 Å². The highest BCUT2D eigenvalue weighted by Gasteiger charge is 2.33. The van der Waals surface area contributed by atoms with Gasteiger partial charge in [-0.1, -0.05) is 19.8 Å². The maximum atomic E-state index is 6.06. The number of hydrogen-bond donors (Lipinski definition) is 2. The minimum Gasteiger partial charge on any atom is -0.330 e. The molecule has 0 radical (unpaired) electrons. The van der Waals surface area contributed by atoms with Crippen molar-refractivity contribution < 1.29 is 0 Å². The van der Waals surface area contributed by atoms with E-state index < -0.39 is 0 Å². The molecule has 4 heteroatoms. The van der Waals surface area contributed by atoms with Crippen molar-refractivity contribution in [1.82, 2.24) is 10.3 Å². The molecule has 1 fully saturated rings. The topological polar surface area (TPSA) is 50.9 Å². The van der Waals surface area contributed by atoms with Crippen LogP contribution in [0.3, 0.4) is 0 Å². The summed E-state index contributed by atoms with van der Waals surface area (Å²) >= 11 is 1.75. The Labute approximate surface area is 121 Å². The fraction of sp³-hybridized carbons (Fsp3) is 0.800. The second-order valence-electron chi connectivity index (χ2n) is 6.32. The zero-order valence-electron chi connectivity index (χ0n) is 12.4. The number of aryl methyl sites for hydroxylation is 1. The van der Waals surface area contributed by atoms with Gasteiger partial charge in [-0.25, -0.2) is 4.98 Å². The zero-order chi connectivity index (χ0) is 13.9. The molecule has 1 atom stereocenters. The van der Waals surface area contributed by atoms with Crippen molar-refractivity contribution in [2.24, 2.45) is 17.1 Å². The molecule has 1 heterocycles. The summed E-state index contributed by atoms with van der Waals surface area (Å²) in [5, 5.41) is 6.96. The molecule has 1 saturated carbocycles.